The number of rotatable bonds is 41. The minimum atomic E-state index is -0.996. The van der Waals surface area contributed by atoms with Crippen LogP contribution in [0.2, 0.25) is 0 Å². The number of carbonyl (C=O) groups excluding carboxylic acids is 7. The van der Waals surface area contributed by atoms with Gasteiger partial charge in [0.2, 0.25) is 0 Å². The molecular formula is C94H114BrN3O18. The lowest BCUT2D eigenvalue weighted by molar-refractivity contribution is -0.141. The Labute approximate surface area is 692 Å². The molecule has 0 heterocycles. The van der Waals surface area contributed by atoms with Gasteiger partial charge in [0, 0.05) is 38.9 Å². The van der Waals surface area contributed by atoms with Crippen LogP contribution in [0, 0.1) is 0 Å². The number of halogens is 1. The molecule has 0 bridgehead atoms. The Morgan fingerprint density at radius 1 is 0.345 bits per heavy atom. The minimum absolute atomic E-state index is 0.0265. The average Bonchev–Trinajstić information content (AvgIpc) is 0.847. The molecule has 9 aromatic carbocycles. The molecule has 9 aromatic rings. The van der Waals surface area contributed by atoms with Crippen LogP contribution in [0.1, 0.15) is 195 Å². The van der Waals surface area contributed by atoms with Crippen LogP contribution in [0.3, 0.4) is 0 Å². The van der Waals surface area contributed by atoms with Gasteiger partial charge in [-0.3, -0.25) is 38.6 Å². The van der Waals surface area contributed by atoms with Crippen LogP contribution in [0.4, 0.5) is 0 Å². The number of aliphatic carboxylic acids is 1. The smallest absolute Gasteiger partial charge is 0.337 e. The van der Waals surface area contributed by atoms with Gasteiger partial charge in [-0.05, 0) is 164 Å². The summed E-state index contributed by atoms with van der Waals surface area (Å²) in [6.45, 7) is 17.2. The molecule has 21 nitrogen and oxygen atoms in total. The predicted octanol–water partition coefficient (Wildman–Crippen LogP) is 18.8. The second kappa shape index (κ2) is 60.2. The van der Waals surface area contributed by atoms with Crippen molar-refractivity contribution in [3.63, 3.8) is 0 Å². The minimum Gasteiger partial charge on any atom is -0.488 e. The number of esters is 4. The second-order valence-electron chi connectivity index (χ2n) is 25.1. The highest BCUT2D eigenvalue weighted by Gasteiger charge is 2.21. The lowest BCUT2D eigenvalue weighted by atomic mass is 10.1. The van der Waals surface area contributed by atoms with Crippen LogP contribution in [0.25, 0.3) is 0 Å². The lowest BCUT2D eigenvalue weighted by Gasteiger charge is -2.22. The molecule has 620 valence electrons. The largest absolute Gasteiger partial charge is 0.488 e. The Balaban J connectivity index is 0.000000407. The van der Waals surface area contributed by atoms with Crippen molar-refractivity contribution >= 4 is 69.1 Å². The fraction of sp³-hybridized carbons (Fsp3) is 0.330. The van der Waals surface area contributed by atoms with Gasteiger partial charge >= 0.3 is 35.8 Å². The zero-order valence-corrected chi connectivity index (χ0v) is 70.2. The number of methoxy groups -OCH3 is 4. The van der Waals surface area contributed by atoms with Gasteiger partial charge in [0.15, 0.2) is 17.3 Å². The Bertz CT molecular complexity index is 4300. The van der Waals surface area contributed by atoms with Gasteiger partial charge in [-0.2, -0.15) is 0 Å². The number of carboxylic acid groups (broad SMARTS) is 2. The maximum Gasteiger partial charge on any atom is 0.337 e. The van der Waals surface area contributed by atoms with Crippen molar-refractivity contribution in [3.05, 3.63) is 303 Å². The Kier molecular flexibility index (Phi) is 51.2. The normalized spacial score (nSPS) is 10.1. The Morgan fingerprint density at radius 3 is 1.00 bits per heavy atom. The third-order valence-corrected chi connectivity index (χ3v) is 17.4. The van der Waals surface area contributed by atoms with E-state index in [-0.39, 0.29) is 60.3 Å². The van der Waals surface area contributed by atoms with Gasteiger partial charge in [0.25, 0.3) is 0 Å². The molecule has 0 saturated heterocycles. The fourth-order valence-corrected chi connectivity index (χ4v) is 11.2. The van der Waals surface area contributed by atoms with Crippen LogP contribution in [0.15, 0.2) is 237 Å². The average molecular weight is 1650 g/mol. The van der Waals surface area contributed by atoms with E-state index in [4.69, 9.17) is 33.9 Å². The first-order valence-electron chi connectivity index (χ1n) is 39.0. The Morgan fingerprint density at radius 2 is 0.664 bits per heavy atom. The van der Waals surface area contributed by atoms with Crippen LogP contribution >= 0.6 is 15.9 Å². The van der Waals surface area contributed by atoms with Gasteiger partial charge in [0.05, 0.1) is 80.2 Å². The number of alkyl halides is 1. The molecule has 0 spiro atoms. The third-order valence-electron chi connectivity index (χ3n) is 16.9. The van der Waals surface area contributed by atoms with E-state index in [1.54, 1.807) is 66.7 Å². The highest BCUT2D eigenvalue weighted by molar-refractivity contribution is 9.09. The number of aromatic carboxylic acids is 1. The van der Waals surface area contributed by atoms with Gasteiger partial charge < -0.3 is 48.7 Å². The number of ketones is 3. The van der Waals surface area contributed by atoms with E-state index in [9.17, 15) is 43.2 Å². The molecule has 0 aliphatic rings. The van der Waals surface area contributed by atoms with Gasteiger partial charge in [0.1, 0.15) is 37.1 Å². The second-order valence-corrected chi connectivity index (χ2v) is 25.7. The molecule has 0 aliphatic carbocycles. The zero-order valence-electron chi connectivity index (χ0n) is 68.6. The topological polar surface area (TPSA) is 277 Å². The van der Waals surface area contributed by atoms with Gasteiger partial charge in [-0.25, -0.2) is 14.4 Å². The number of hydrogen-bond donors (Lipinski definition) is 3. The molecule has 22 heteroatoms. The summed E-state index contributed by atoms with van der Waals surface area (Å²) in [6.07, 6.45) is 5.15. The monoisotopic (exact) mass is 1650 g/mol. The van der Waals surface area contributed by atoms with Gasteiger partial charge in [-0.1, -0.05) is 221 Å². The summed E-state index contributed by atoms with van der Waals surface area (Å²) in [4.78, 5) is 110. The van der Waals surface area contributed by atoms with E-state index < -0.39 is 17.9 Å². The maximum atomic E-state index is 13.4. The number of nitrogens with one attached hydrogen (secondary N) is 1. The summed E-state index contributed by atoms with van der Waals surface area (Å²) in [6, 6.07) is 72.1. The van der Waals surface area contributed by atoms with Crippen molar-refractivity contribution < 1.29 is 86.5 Å². The lowest BCUT2D eigenvalue weighted by Crippen LogP contribution is -2.31. The number of carboxylic acids is 2. The van der Waals surface area contributed by atoms with Crippen LogP contribution in [0.5, 0.6) is 17.2 Å². The first-order chi connectivity index (χ1) is 56.4. The predicted molar refractivity (Wildman–Crippen MR) is 457 cm³/mol. The van der Waals surface area contributed by atoms with E-state index in [1.807, 2.05) is 209 Å². The number of hydrogen-bond acceptors (Lipinski definition) is 19. The molecule has 0 amide bonds. The number of unbranched alkanes of at least 4 members (excludes halogenated alkanes) is 3. The highest BCUT2D eigenvalue weighted by atomic mass is 79.9. The summed E-state index contributed by atoms with van der Waals surface area (Å²) in [5.74, 6) is -1.41. The molecule has 9 rings (SSSR count). The molecule has 3 N–H and O–H groups in total. The number of nitrogens with zero attached hydrogens (tertiary/aromatic N) is 2. The standard InChI is InChI=1S/C30H33NO6.C28H29NO6.C15H13BrO2.C15H21NO4.3C2H6/c1-35-29(33)14-8-9-19-31(20-23-15-17-25(18-16-23)30(34)36-2)21-27(32)26-12-6-7-13-28(26)37-22-24-10-4-3-5-11-24;30-25(24-10-4-5-11-26(24)35-20-22-8-2-1-3-9-22)19-29(17-7-6-12-27(31)32)18-21-13-15-23(16-14-21)28(33)34;16-10-14(17)13-8-4-5-9-15(13)18-11-12-6-2-1-3-7-12;1-19-14(17)5-3-4-10-16-11-12-6-8-13(9-7-12)15(18)20-2;3*1-2/h3-7,10-13,15-18H,8-9,14,19-22H2,1-2H3;1-5,8-11,13-16H,6-7,12,17-20H2,(H,31,32)(H,33,34);1-9H,10-11H2;6-9,16H,3-5,10-11H2,1-2H3;3*1-2H3. The van der Waals surface area contributed by atoms with E-state index in [0.717, 1.165) is 65.7 Å². The first kappa shape index (κ1) is 98.8. The van der Waals surface area contributed by atoms with E-state index in [2.05, 4.69) is 30.7 Å². The van der Waals surface area contributed by atoms with Crippen LogP contribution in [-0.2, 0) is 72.8 Å². The molecule has 0 atom stereocenters. The van der Waals surface area contributed by atoms with E-state index in [0.29, 0.717) is 128 Å². The van der Waals surface area contributed by atoms with Crippen molar-refractivity contribution in [1.29, 1.82) is 0 Å². The number of Topliss-reactive ketones (excluding diaryl/α,β-unsaturated/α-hetero) is 3. The van der Waals surface area contributed by atoms with Crippen molar-refractivity contribution in [2.75, 3.05) is 66.5 Å². The van der Waals surface area contributed by atoms with E-state index in [1.165, 1.54) is 40.6 Å². The molecule has 0 saturated carbocycles. The molecule has 0 unspecified atom stereocenters. The SMILES string of the molecule is CC.CC.CC.COC(=O)CCCCN(CC(=O)c1ccccc1OCc1ccccc1)Cc1ccc(C(=O)OC)cc1.COC(=O)CCCCNCc1ccc(C(=O)OC)cc1.O=C(CBr)c1ccccc1OCc1ccccc1.O=C(O)CCCCN(CC(=O)c1ccccc1OCc1ccccc1)Cc1ccc(C(=O)O)cc1. The quantitative estimate of drug-likeness (QED) is 0.0106. The summed E-state index contributed by atoms with van der Waals surface area (Å²) >= 11 is 3.18. The summed E-state index contributed by atoms with van der Waals surface area (Å²) < 4.78 is 36.3. The molecule has 116 heavy (non-hydrogen) atoms. The molecule has 0 fully saturated rings. The zero-order chi connectivity index (χ0) is 85.1. The van der Waals surface area contributed by atoms with Gasteiger partial charge in [-0.15, -0.1) is 0 Å². The highest BCUT2D eigenvalue weighted by Crippen LogP contribution is 2.25. The summed E-state index contributed by atoms with van der Waals surface area (Å²) in [5.41, 5.74) is 8.88. The number of para-hydroxylation sites is 3. The maximum absolute atomic E-state index is 13.4. The third kappa shape index (κ3) is 39.5. The first-order valence-corrected chi connectivity index (χ1v) is 40.1. The summed E-state index contributed by atoms with van der Waals surface area (Å²) in [5, 5.41) is 21.6. The Hall–Kier alpha value is -11.4. The fourth-order valence-electron chi connectivity index (χ4n) is 10.9. The number of ether oxygens (including phenoxy) is 7. The van der Waals surface area contributed by atoms with Crippen LogP contribution in [-0.4, -0.2) is 140 Å². The van der Waals surface area contributed by atoms with Crippen molar-refractivity contribution in [1.82, 2.24) is 15.1 Å². The molecule has 0 radical (unpaired) electrons. The number of carbonyl (C=O) groups is 9. The van der Waals surface area contributed by atoms with Crippen molar-refractivity contribution in [2.24, 2.45) is 0 Å². The molecule has 0 aliphatic heterocycles. The van der Waals surface area contributed by atoms with E-state index >= 15 is 0 Å². The summed E-state index contributed by atoms with van der Waals surface area (Å²) in [7, 11) is 5.49. The van der Waals surface area contributed by atoms with Crippen molar-refractivity contribution in [3.8, 4) is 17.2 Å². The number of benzene rings is 9. The molecular weight excluding hydrogens is 1540 g/mol. The van der Waals surface area contributed by atoms with Crippen LogP contribution < -0.4 is 19.5 Å². The molecule has 0 aromatic heterocycles. The van der Waals surface area contributed by atoms with Crippen molar-refractivity contribution in [2.45, 2.75) is 139 Å².